The second kappa shape index (κ2) is 3.06. The van der Waals surface area contributed by atoms with Crippen LogP contribution in [0.4, 0.5) is 0 Å². The minimum absolute atomic E-state index is 0.0463. The van der Waals surface area contributed by atoms with Gasteiger partial charge < -0.3 is 5.11 Å². The van der Waals surface area contributed by atoms with Crippen molar-refractivity contribution in [1.82, 2.24) is 0 Å². The van der Waals surface area contributed by atoms with Gasteiger partial charge in [0.25, 0.3) is 0 Å². The van der Waals surface area contributed by atoms with E-state index in [2.05, 4.69) is 0 Å². The lowest BCUT2D eigenvalue weighted by atomic mass is 10.5. The highest BCUT2D eigenvalue weighted by atomic mass is 32.1. The summed E-state index contributed by atoms with van der Waals surface area (Å²) in [5.41, 5.74) is 0. The monoisotopic (exact) mass is 106 g/mol. The van der Waals surface area contributed by atoms with Crippen LogP contribution in [-0.4, -0.2) is 14.4 Å². The lowest BCUT2D eigenvalue weighted by molar-refractivity contribution is 0.550. The maximum Gasteiger partial charge on any atom is 0.142 e. The van der Waals surface area contributed by atoms with Crippen LogP contribution in [0.2, 0.25) is 0 Å². The fourth-order valence-electron chi connectivity index (χ4n) is 0.0589. The molecule has 0 saturated heterocycles. The van der Waals surface area contributed by atoms with Crippen molar-refractivity contribution in [2.24, 2.45) is 0 Å². The van der Waals surface area contributed by atoms with Gasteiger partial charge in [0, 0.05) is 6.42 Å². The van der Waals surface area contributed by atoms with Crippen LogP contribution in [0.3, 0.4) is 0 Å². The third-order valence-corrected chi connectivity index (χ3v) is 0.880. The van der Waals surface area contributed by atoms with E-state index in [0.717, 1.165) is 0 Å². The van der Waals surface area contributed by atoms with E-state index in [9.17, 15) is 4.21 Å². The molecule has 0 bridgehead atoms. The van der Waals surface area contributed by atoms with E-state index in [4.69, 9.17) is 5.11 Å². The van der Waals surface area contributed by atoms with Crippen molar-refractivity contribution in [2.75, 3.05) is 0 Å². The van der Waals surface area contributed by atoms with Crippen molar-refractivity contribution in [2.45, 2.75) is 13.3 Å². The average Bonchev–Trinajstić information content (AvgIpc) is 1.65. The van der Waals surface area contributed by atoms with Gasteiger partial charge >= 0.3 is 0 Å². The summed E-state index contributed by atoms with van der Waals surface area (Å²) in [7, 11) is 0. The maximum absolute atomic E-state index is 9.49. The Morgan fingerprint density at radius 2 is 2.50 bits per heavy atom. The summed E-state index contributed by atoms with van der Waals surface area (Å²) in [6.07, 6.45) is 0.453. The molecule has 0 aromatic heterocycles. The van der Waals surface area contributed by atoms with Crippen molar-refractivity contribution in [1.29, 1.82) is 0 Å². The Morgan fingerprint density at radius 3 is 2.50 bits per heavy atom. The highest BCUT2D eigenvalue weighted by molar-refractivity contribution is 7.66. The molecule has 0 radical (unpaired) electrons. The van der Waals surface area contributed by atoms with Gasteiger partial charge in [-0.15, -0.1) is 0 Å². The van der Waals surface area contributed by atoms with Crippen LogP contribution >= 0.6 is 0 Å². The molecule has 0 atom stereocenters. The Hall–Kier alpha value is -0.150. The zero-order chi connectivity index (χ0) is 4.99. The predicted octanol–water partition coefficient (Wildman–Crippen LogP) is 0.297. The third-order valence-electron chi connectivity index (χ3n) is 0.399. The normalized spacial score (nSPS) is 7.67. The highest BCUT2D eigenvalue weighted by Crippen LogP contribution is 1.69. The minimum Gasteiger partial charge on any atom is -0.353 e. The Morgan fingerprint density at radius 1 is 2.00 bits per heavy atom. The minimum atomic E-state index is -0.0463. The molecule has 0 saturated carbocycles. The van der Waals surface area contributed by atoms with Crippen LogP contribution in [0, 0.1) is 0 Å². The van der Waals surface area contributed by atoms with E-state index in [0.29, 0.717) is 6.42 Å². The summed E-state index contributed by atoms with van der Waals surface area (Å²) in [5, 5.41) is 8.19. The zero-order valence-corrected chi connectivity index (χ0v) is 4.29. The molecule has 0 spiro atoms. The standard InChI is InChI=1S/C3H6O2S/c1-2-3(4)6-5/h4H,2H2,1H3. The molecule has 0 aliphatic carbocycles. The van der Waals surface area contributed by atoms with E-state index in [-0.39, 0.29) is 16.3 Å². The summed E-state index contributed by atoms with van der Waals surface area (Å²) in [4.78, 5) is 0. The van der Waals surface area contributed by atoms with Crippen molar-refractivity contribution in [3.63, 3.8) is 0 Å². The summed E-state index contributed by atoms with van der Waals surface area (Å²) in [6.45, 7) is 1.72. The Kier molecular flexibility index (Phi) is 2.98. The van der Waals surface area contributed by atoms with E-state index in [1.54, 1.807) is 6.92 Å². The zero-order valence-electron chi connectivity index (χ0n) is 3.47. The van der Waals surface area contributed by atoms with Crippen molar-refractivity contribution < 1.29 is 9.32 Å². The Labute approximate surface area is 39.9 Å². The van der Waals surface area contributed by atoms with Gasteiger partial charge in [-0.2, -0.15) is 0 Å². The second-order valence-corrected chi connectivity index (χ2v) is 1.47. The number of aliphatic hydroxyl groups excluding tert-OH is 1. The smallest absolute Gasteiger partial charge is 0.142 e. The van der Waals surface area contributed by atoms with E-state index >= 15 is 0 Å². The summed E-state index contributed by atoms with van der Waals surface area (Å²) in [6, 6.07) is 0. The fourth-order valence-corrected chi connectivity index (χ4v) is 0.177. The molecule has 0 amide bonds. The highest BCUT2D eigenvalue weighted by Gasteiger charge is 1.78. The molecular formula is C3H6O2S. The first-order valence-electron chi connectivity index (χ1n) is 1.66. The molecule has 0 rings (SSSR count). The van der Waals surface area contributed by atoms with Crippen molar-refractivity contribution in [3.05, 3.63) is 0 Å². The molecule has 2 nitrogen and oxygen atoms in total. The quantitative estimate of drug-likeness (QED) is 0.488. The largest absolute Gasteiger partial charge is 0.353 e. The van der Waals surface area contributed by atoms with E-state index in [1.165, 1.54) is 0 Å². The molecule has 36 valence electrons. The topological polar surface area (TPSA) is 37.3 Å². The molecule has 0 fully saturated rings. The van der Waals surface area contributed by atoms with Gasteiger partial charge in [0.2, 0.25) is 0 Å². The molecule has 6 heavy (non-hydrogen) atoms. The first kappa shape index (κ1) is 5.85. The molecule has 0 aromatic rings. The van der Waals surface area contributed by atoms with Crippen LogP contribution in [-0.2, 0) is 11.3 Å². The van der Waals surface area contributed by atoms with Crippen LogP contribution in [0.5, 0.6) is 0 Å². The summed E-state index contributed by atoms with van der Waals surface area (Å²) >= 11 is 0.147. The van der Waals surface area contributed by atoms with Crippen LogP contribution in [0.25, 0.3) is 0 Å². The van der Waals surface area contributed by atoms with Gasteiger partial charge in [-0.3, -0.25) is 0 Å². The van der Waals surface area contributed by atoms with Gasteiger partial charge in [0.05, 0.1) is 0 Å². The number of rotatable bonds is 1. The molecule has 0 aliphatic heterocycles. The molecule has 1 N–H and O–H groups in total. The van der Waals surface area contributed by atoms with E-state index < -0.39 is 0 Å². The molecule has 0 unspecified atom stereocenters. The van der Waals surface area contributed by atoms with Crippen molar-refractivity contribution in [3.8, 4) is 0 Å². The lowest BCUT2D eigenvalue weighted by Crippen LogP contribution is -1.88. The fraction of sp³-hybridized carbons (Fsp3) is 0.667. The van der Waals surface area contributed by atoms with Gasteiger partial charge in [-0.05, 0) is 0 Å². The first-order valence-corrected chi connectivity index (χ1v) is 2.40. The Bertz CT molecular complexity index is 82.8. The van der Waals surface area contributed by atoms with Gasteiger partial charge in [-0.1, -0.05) is 6.92 Å². The number of hydrogen-bond acceptors (Lipinski definition) is 1. The number of aliphatic hydroxyl groups is 1. The predicted molar refractivity (Wildman–Crippen MR) is 26.1 cm³/mol. The van der Waals surface area contributed by atoms with Crippen LogP contribution < -0.4 is 0 Å². The van der Waals surface area contributed by atoms with Gasteiger partial charge in [0.15, 0.2) is 0 Å². The molecule has 0 aliphatic rings. The summed E-state index contributed by atoms with van der Waals surface area (Å²) < 4.78 is 9.49. The molecule has 0 aromatic carbocycles. The van der Waals surface area contributed by atoms with Gasteiger partial charge in [-0.25, -0.2) is 4.21 Å². The molecular weight excluding hydrogens is 100 g/mol. The van der Waals surface area contributed by atoms with Crippen LogP contribution in [0.15, 0.2) is 0 Å². The second-order valence-electron chi connectivity index (χ2n) is 0.831. The van der Waals surface area contributed by atoms with Gasteiger partial charge in [0.1, 0.15) is 16.3 Å². The Balaban J connectivity index is 3.52. The van der Waals surface area contributed by atoms with E-state index in [1.807, 2.05) is 0 Å². The molecule has 0 heterocycles. The first-order chi connectivity index (χ1) is 2.81. The SMILES string of the molecule is CCC(O)=S=O. The third kappa shape index (κ3) is 2.11. The average molecular weight is 106 g/mol. The van der Waals surface area contributed by atoms with Crippen molar-refractivity contribution >= 4 is 16.3 Å². The molecule has 3 heteroatoms. The summed E-state index contributed by atoms with van der Waals surface area (Å²) in [5.74, 6) is 0. The maximum atomic E-state index is 9.49. The lowest BCUT2D eigenvalue weighted by Gasteiger charge is -1.75. The van der Waals surface area contributed by atoms with Crippen LogP contribution in [0.1, 0.15) is 13.3 Å². The number of hydrogen-bond donors (Lipinski definition) is 1.